The van der Waals surface area contributed by atoms with Crippen molar-refractivity contribution < 1.29 is 33.8 Å². The zero-order valence-corrected chi connectivity index (χ0v) is 24.0. The number of nitrogens with zero attached hydrogens (tertiary/aromatic N) is 2. The van der Waals surface area contributed by atoms with Crippen LogP contribution < -0.4 is 5.32 Å². The quantitative estimate of drug-likeness (QED) is 0.497. The summed E-state index contributed by atoms with van der Waals surface area (Å²) in [5.74, 6) is -1.14. The third kappa shape index (κ3) is 9.87. The highest BCUT2D eigenvalue weighted by molar-refractivity contribution is 9.10. The maximum atomic E-state index is 12.4. The number of nitrogens with one attached hydrogen (secondary N) is 1. The number of aliphatic carboxylic acids is 1. The maximum Gasteiger partial charge on any atom is 0.411 e. The highest BCUT2D eigenvalue weighted by Crippen LogP contribution is 2.23. The standard InChI is InChI=1S/C16H21BrN2O3.C10H17NO4/c1-16(2,3)22-15(21)19-10-4-5-13(19)14(20)18-12-8-6-11(17)7-9-12;1-10(2,3)15-9(14)11-6-4-5-7(11)8(12)13/h6-9,13H,4-5,10H2,1-3H3,(H,18,20);7H,4-6H2,1-3H3,(H,12,13). The molecule has 3 amide bonds. The molecule has 0 aliphatic carbocycles. The first-order chi connectivity index (χ1) is 17.1. The first kappa shape index (κ1) is 30.4. The monoisotopic (exact) mass is 583 g/mol. The van der Waals surface area contributed by atoms with Crippen LogP contribution in [0.4, 0.5) is 15.3 Å². The Morgan fingerprint density at radius 1 is 0.838 bits per heavy atom. The SMILES string of the molecule is CC(C)(C)OC(=O)N1CCCC1C(=O)Nc1ccc(Br)cc1.CC(C)(C)OC(=O)N1CCCC1C(=O)O. The van der Waals surface area contributed by atoms with E-state index in [0.29, 0.717) is 31.6 Å². The number of hydrogen-bond donors (Lipinski definition) is 2. The number of carboxylic acids is 1. The molecule has 0 saturated carbocycles. The average Bonchev–Trinajstić information content (AvgIpc) is 3.43. The van der Waals surface area contributed by atoms with Gasteiger partial charge in [-0.2, -0.15) is 0 Å². The van der Waals surface area contributed by atoms with Crippen LogP contribution in [0.5, 0.6) is 0 Å². The number of carbonyl (C=O) groups excluding carboxylic acids is 3. The van der Waals surface area contributed by atoms with Crippen LogP contribution in [0.2, 0.25) is 0 Å². The summed E-state index contributed by atoms with van der Waals surface area (Å²) in [6.45, 7) is 11.7. The smallest absolute Gasteiger partial charge is 0.411 e. The number of ether oxygens (including phenoxy) is 2. The number of anilines is 1. The normalized spacial score (nSPS) is 19.5. The van der Waals surface area contributed by atoms with Crippen LogP contribution in [-0.4, -0.2) is 75.3 Å². The van der Waals surface area contributed by atoms with Crippen molar-refractivity contribution in [2.45, 2.75) is 90.5 Å². The highest BCUT2D eigenvalue weighted by atomic mass is 79.9. The fraction of sp³-hybridized carbons (Fsp3) is 0.615. The molecule has 0 radical (unpaired) electrons. The molecule has 0 aromatic heterocycles. The predicted octanol–water partition coefficient (Wildman–Crippen LogP) is 5.26. The summed E-state index contributed by atoms with van der Waals surface area (Å²) in [5, 5.41) is 11.7. The van der Waals surface area contributed by atoms with Gasteiger partial charge in [0.2, 0.25) is 5.91 Å². The summed E-state index contributed by atoms with van der Waals surface area (Å²) < 4.78 is 11.4. The molecule has 37 heavy (non-hydrogen) atoms. The van der Waals surface area contributed by atoms with Gasteiger partial charge in [0.05, 0.1) is 0 Å². The van der Waals surface area contributed by atoms with Crippen molar-refractivity contribution in [3.63, 3.8) is 0 Å². The number of halogens is 1. The van der Waals surface area contributed by atoms with E-state index in [9.17, 15) is 19.2 Å². The molecule has 2 heterocycles. The molecule has 2 saturated heterocycles. The zero-order valence-electron chi connectivity index (χ0n) is 22.4. The number of rotatable bonds is 3. The second-order valence-electron chi connectivity index (χ2n) is 11.0. The second kappa shape index (κ2) is 12.6. The van der Waals surface area contributed by atoms with Crippen molar-refractivity contribution in [1.82, 2.24) is 9.80 Å². The van der Waals surface area contributed by atoms with Gasteiger partial charge < -0.3 is 19.9 Å². The lowest BCUT2D eigenvalue weighted by Crippen LogP contribution is -2.45. The summed E-state index contributed by atoms with van der Waals surface area (Å²) in [5.41, 5.74) is -0.431. The van der Waals surface area contributed by atoms with Gasteiger partial charge in [-0.1, -0.05) is 15.9 Å². The van der Waals surface area contributed by atoms with E-state index >= 15 is 0 Å². The van der Waals surface area contributed by atoms with Gasteiger partial charge in [0.15, 0.2) is 0 Å². The third-order valence-corrected chi connectivity index (χ3v) is 5.99. The van der Waals surface area contributed by atoms with Gasteiger partial charge in [0.1, 0.15) is 23.3 Å². The van der Waals surface area contributed by atoms with E-state index < -0.39 is 41.4 Å². The van der Waals surface area contributed by atoms with Crippen molar-refractivity contribution in [3.8, 4) is 0 Å². The Morgan fingerprint density at radius 2 is 1.27 bits per heavy atom. The van der Waals surface area contributed by atoms with Crippen LogP contribution in [0, 0.1) is 0 Å². The first-order valence-electron chi connectivity index (χ1n) is 12.4. The molecule has 2 unspecified atom stereocenters. The minimum absolute atomic E-state index is 0.175. The van der Waals surface area contributed by atoms with E-state index in [2.05, 4.69) is 21.2 Å². The van der Waals surface area contributed by atoms with Crippen LogP contribution >= 0.6 is 15.9 Å². The molecule has 1 aromatic rings. The van der Waals surface area contributed by atoms with Crippen LogP contribution in [0.3, 0.4) is 0 Å². The second-order valence-corrected chi connectivity index (χ2v) is 11.9. The number of benzene rings is 1. The molecule has 2 atom stereocenters. The lowest BCUT2D eigenvalue weighted by molar-refractivity contribution is -0.142. The molecule has 2 N–H and O–H groups in total. The van der Waals surface area contributed by atoms with Gasteiger partial charge in [0, 0.05) is 23.2 Å². The van der Waals surface area contributed by atoms with E-state index in [0.717, 1.165) is 17.3 Å². The molecule has 0 bridgehead atoms. The summed E-state index contributed by atoms with van der Waals surface area (Å²) in [6, 6.07) is 6.15. The summed E-state index contributed by atoms with van der Waals surface area (Å²) >= 11 is 3.35. The van der Waals surface area contributed by atoms with Gasteiger partial charge in [-0.3, -0.25) is 14.6 Å². The van der Waals surface area contributed by atoms with Gasteiger partial charge >= 0.3 is 18.2 Å². The Morgan fingerprint density at radius 3 is 1.70 bits per heavy atom. The Labute approximate surface area is 226 Å². The van der Waals surface area contributed by atoms with Gasteiger partial charge in [-0.15, -0.1) is 0 Å². The predicted molar refractivity (Wildman–Crippen MR) is 142 cm³/mol. The van der Waals surface area contributed by atoms with Gasteiger partial charge in [-0.05, 0) is 91.5 Å². The molecule has 10 nitrogen and oxygen atoms in total. The Balaban J connectivity index is 0.000000281. The van der Waals surface area contributed by atoms with Crippen molar-refractivity contribution in [1.29, 1.82) is 0 Å². The average molecular weight is 585 g/mol. The number of hydrogen-bond acceptors (Lipinski definition) is 6. The molecule has 2 fully saturated rings. The van der Waals surface area contributed by atoms with E-state index in [-0.39, 0.29) is 5.91 Å². The highest BCUT2D eigenvalue weighted by Gasteiger charge is 2.37. The van der Waals surface area contributed by atoms with Crippen LogP contribution in [0.25, 0.3) is 0 Å². The Kier molecular flexibility index (Phi) is 10.4. The van der Waals surface area contributed by atoms with Crippen LogP contribution in [0.1, 0.15) is 67.2 Å². The minimum Gasteiger partial charge on any atom is -0.480 e. The molecule has 206 valence electrons. The number of carboxylic acid groups (broad SMARTS) is 1. The molecular formula is C26H38BrN3O7. The molecule has 11 heteroatoms. The summed E-state index contributed by atoms with van der Waals surface area (Å²) in [7, 11) is 0. The van der Waals surface area contributed by atoms with E-state index in [1.54, 1.807) is 20.8 Å². The molecule has 2 aliphatic heterocycles. The minimum atomic E-state index is -0.960. The van der Waals surface area contributed by atoms with E-state index in [1.807, 2.05) is 45.0 Å². The maximum absolute atomic E-state index is 12.4. The molecular weight excluding hydrogens is 546 g/mol. The van der Waals surface area contributed by atoms with Gasteiger partial charge in [-0.25, -0.2) is 14.4 Å². The molecule has 2 aliphatic rings. The first-order valence-corrected chi connectivity index (χ1v) is 13.1. The number of amides is 3. The van der Waals surface area contributed by atoms with E-state index in [1.165, 1.54) is 9.80 Å². The van der Waals surface area contributed by atoms with Crippen LogP contribution in [-0.2, 0) is 19.1 Å². The summed E-state index contributed by atoms with van der Waals surface area (Å²) in [6.07, 6.45) is 1.72. The van der Waals surface area contributed by atoms with Gasteiger partial charge in [0.25, 0.3) is 0 Å². The van der Waals surface area contributed by atoms with Crippen molar-refractivity contribution in [2.75, 3.05) is 18.4 Å². The lowest BCUT2D eigenvalue weighted by atomic mass is 10.2. The number of likely N-dealkylation sites (tertiary alicyclic amines) is 2. The van der Waals surface area contributed by atoms with Crippen molar-refractivity contribution in [3.05, 3.63) is 28.7 Å². The topological polar surface area (TPSA) is 125 Å². The third-order valence-electron chi connectivity index (χ3n) is 5.46. The van der Waals surface area contributed by atoms with Crippen molar-refractivity contribution >= 4 is 45.7 Å². The van der Waals surface area contributed by atoms with E-state index in [4.69, 9.17) is 14.6 Å². The molecule has 0 spiro atoms. The lowest BCUT2D eigenvalue weighted by Gasteiger charge is -2.28. The largest absolute Gasteiger partial charge is 0.480 e. The van der Waals surface area contributed by atoms with Crippen molar-refractivity contribution in [2.24, 2.45) is 0 Å². The fourth-order valence-electron chi connectivity index (χ4n) is 3.90. The molecule has 3 rings (SSSR count). The Hall–Kier alpha value is -2.82. The van der Waals surface area contributed by atoms with Crippen LogP contribution in [0.15, 0.2) is 28.7 Å². The summed E-state index contributed by atoms with van der Waals surface area (Å²) in [4.78, 5) is 49.8. The Bertz CT molecular complexity index is 970. The number of carbonyl (C=O) groups is 4. The fourth-order valence-corrected chi connectivity index (χ4v) is 4.16. The molecule has 1 aromatic carbocycles. The zero-order chi connectivity index (χ0) is 28.0.